The maximum atomic E-state index is 10.3. The second kappa shape index (κ2) is 4.93. The molecule has 1 rings (SSSR count). The molecule has 3 nitrogen and oxygen atoms in total. The third-order valence-corrected chi connectivity index (χ3v) is 2.28. The average molecular weight is 212 g/mol. The van der Waals surface area contributed by atoms with Gasteiger partial charge in [-0.25, -0.2) is 0 Å². The van der Waals surface area contributed by atoms with Gasteiger partial charge in [0.2, 0.25) is 0 Å². The predicted molar refractivity (Wildman–Crippen MR) is 55.7 cm³/mol. The van der Waals surface area contributed by atoms with E-state index >= 15 is 0 Å². The van der Waals surface area contributed by atoms with Crippen LogP contribution in [-0.2, 0) is 16.5 Å². The summed E-state index contributed by atoms with van der Waals surface area (Å²) in [5.41, 5.74) is 1.11. The number of hydrogen-bond acceptors (Lipinski definition) is 2. The fourth-order valence-corrected chi connectivity index (χ4v) is 1.40. The monoisotopic (exact) mass is 212 g/mol. The fourth-order valence-electron chi connectivity index (χ4n) is 1.02. The van der Waals surface area contributed by atoms with Gasteiger partial charge in [0, 0.05) is 0 Å². The van der Waals surface area contributed by atoms with Gasteiger partial charge in [0.05, 0.1) is 5.75 Å². The molecule has 0 heterocycles. The van der Waals surface area contributed by atoms with E-state index in [-0.39, 0.29) is 5.75 Å². The molecule has 0 radical (unpaired) electrons. The Kier molecular flexibility index (Phi) is 3.85. The summed E-state index contributed by atoms with van der Waals surface area (Å²) in [6, 6.07) is 9.68. The summed E-state index contributed by atoms with van der Waals surface area (Å²) in [6.07, 6.45) is 3.85. The molecule has 1 aromatic rings. The Morgan fingerprint density at radius 2 is 1.79 bits per heavy atom. The Bertz CT molecular complexity index is 393. The molecule has 0 aliphatic heterocycles. The minimum Gasteiger partial charge on any atom is -0.285 e. The molecular formula is C10H12O3S. The zero-order valence-corrected chi connectivity index (χ0v) is 8.44. The summed E-state index contributed by atoms with van der Waals surface area (Å²) in [5, 5.41) is 0. The van der Waals surface area contributed by atoms with Gasteiger partial charge in [-0.1, -0.05) is 42.5 Å². The van der Waals surface area contributed by atoms with E-state index in [0.717, 1.165) is 5.56 Å². The third-order valence-electron chi connectivity index (χ3n) is 1.67. The maximum Gasteiger partial charge on any atom is 0.268 e. The van der Waals surface area contributed by atoms with Crippen molar-refractivity contribution < 1.29 is 13.0 Å². The summed E-state index contributed by atoms with van der Waals surface area (Å²) in [7, 11) is -3.87. The highest BCUT2D eigenvalue weighted by atomic mass is 32.2. The lowest BCUT2D eigenvalue weighted by atomic mass is 10.1. The van der Waals surface area contributed by atoms with Crippen molar-refractivity contribution in [1.29, 1.82) is 0 Å². The first-order valence-electron chi connectivity index (χ1n) is 4.22. The SMILES string of the molecule is O=S(=O)(O)CC=CCc1ccccc1. The first-order chi connectivity index (χ1) is 6.58. The van der Waals surface area contributed by atoms with E-state index in [1.54, 1.807) is 6.08 Å². The zero-order valence-electron chi connectivity index (χ0n) is 7.63. The molecule has 0 saturated carbocycles. The van der Waals surface area contributed by atoms with Gasteiger partial charge in [0.1, 0.15) is 0 Å². The first-order valence-corrected chi connectivity index (χ1v) is 5.83. The van der Waals surface area contributed by atoms with Crippen LogP contribution in [-0.4, -0.2) is 18.7 Å². The highest BCUT2D eigenvalue weighted by Gasteiger charge is 1.98. The molecule has 14 heavy (non-hydrogen) atoms. The summed E-state index contributed by atoms with van der Waals surface area (Å²) < 4.78 is 29.1. The Morgan fingerprint density at radius 1 is 1.14 bits per heavy atom. The molecule has 0 amide bonds. The molecule has 76 valence electrons. The van der Waals surface area contributed by atoms with Gasteiger partial charge in [0.15, 0.2) is 0 Å². The average Bonchev–Trinajstić information content (AvgIpc) is 2.13. The van der Waals surface area contributed by atoms with Gasteiger partial charge >= 0.3 is 0 Å². The Hall–Kier alpha value is -1.13. The van der Waals surface area contributed by atoms with Gasteiger partial charge < -0.3 is 0 Å². The van der Waals surface area contributed by atoms with Crippen LogP contribution in [0.15, 0.2) is 42.5 Å². The summed E-state index contributed by atoms with van der Waals surface area (Å²) in [4.78, 5) is 0. The van der Waals surface area contributed by atoms with E-state index in [2.05, 4.69) is 0 Å². The molecule has 0 bridgehead atoms. The molecule has 0 saturated heterocycles. The number of hydrogen-bond donors (Lipinski definition) is 1. The minimum atomic E-state index is -3.87. The quantitative estimate of drug-likeness (QED) is 0.610. The summed E-state index contributed by atoms with van der Waals surface area (Å²) in [6.45, 7) is 0. The van der Waals surface area contributed by atoms with Crippen molar-refractivity contribution in [2.45, 2.75) is 6.42 Å². The van der Waals surface area contributed by atoms with Crippen LogP contribution < -0.4 is 0 Å². The standard InChI is InChI=1S/C10H12O3S/c11-14(12,13)9-5-4-8-10-6-2-1-3-7-10/h1-7H,8-9H2,(H,11,12,13). The maximum absolute atomic E-state index is 10.3. The van der Waals surface area contributed by atoms with Gasteiger partial charge in [0.25, 0.3) is 10.1 Å². The molecule has 0 aliphatic carbocycles. The molecule has 1 aromatic carbocycles. The summed E-state index contributed by atoms with van der Waals surface area (Å²) >= 11 is 0. The van der Waals surface area contributed by atoms with Crippen LogP contribution in [0.4, 0.5) is 0 Å². The Balaban J connectivity index is 2.42. The van der Waals surface area contributed by atoms with Crippen LogP contribution in [0.25, 0.3) is 0 Å². The predicted octanol–water partition coefficient (Wildman–Crippen LogP) is 1.67. The molecule has 0 spiro atoms. The van der Waals surface area contributed by atoms with Crippen molar-refractivity contribution in [3.63, 3.8) is 0 Å². The topological polar surface area (TPSA) is 54.4 Å². The normalized spacial score (nSPS) is 12.1. The zero-order chi connectivity index (χ0) is 10.4. The molecule has 0 atom stereocenters. The molecule has 1 N–H and O–H groups in total. The van der Waals surface area contributed by atoms with Crippen LogP contribution in [0.5, 0.6) is 0 Å². The van der Waals surface area contributed by atoms with Crippen LogP contribution >= 0.6 is 0 Å². The van der Waals surface area contributed by atoms with Gasteiger partial charge in [-0.15, -0.1) is 0 Å². The largest absolute Gasteiger partial charge is 0.285 e. The van der Waals surface area contributed by atoms with E-state index in [4.69, 9.17) is 4.55 Å². The van der Waals surface area contributed by atoms with E-state index in [1.165, 1.54) is 6.08 Å². The van der Waals surface area contributed by atoms with Gasteiger partial charge in [-0.2, -0.15) is 8.42 Å². The molecular weight excluding hydrogens is 200 g/mol. The molecule has 0 aliphatic rings. The molecule has 0 unspecified atom stereocenters. The molecule has 4 heteroatoms. The smallest absolute Gasteiger partial charge is 0.268 e. The Morgan fingerprint density at radius 3 is 2.36 bits per heavy atom. The lowest BCUT2D eigenvalue weighted by Gasteiger charge is -1.93. The van der Waals surface area contributed by atoms with Crippen LogP contribution in [0, 0.1) is 0 Å². The van der Waals surface area contributed by atoms with Crippen molar-refractivity contribution in [2.75, 3.05) is 5.75 Å². The summed E-state index contributed by atoms with van der Waals surface area (Å²) in [5.74, 6) is -0.320. The van der Waals surface area contributed by atoms with Crippen molar-refractivity contribution in [3.8, 4) is 0 Å². The van der Waals surface area contributed by atoms with Crippen LogP contribution in [0.1, 0.15) is 5.56 Å². The van der Waals surface area contributed by atoms with E-state index in [9.17, 15) is 8.42 Å². The van der Waals surface area contributed by atoms with Crippen LogP contribution in [0.3, 0.4) is 0 Å². The fraction of sp³-hybridized carbons (Fsp3) is 0.200. The number of allylic oxidation sites excluding steroid dienone is 1. The highest BCUT2D eigenvalue weighted by Crippen LogP contribution is 2.00. The second-order valence-electron chi connectivity index (χ2n) is 2.91. The van der Waals surface area contributed by atoms with Crippen molar-refractivity contribution in [2.24, 2.45) is 0 Å². The highest BCUT2D eigenvalue weighted by molar-refractivity contribution is 7.85. The van der Waals surface area contributed by atoms with Crippen molar-refractivity contribution in [3.05, 3.63) is 48.0 Å². The number of rotatable bonds is 4. The minimum absolute atomic E-state index is 0.320. The Labute approximate surface area is 83.8 Å². The van der Waals surface area contributed by atoms with Crippen LogP contribution in [0.2, 0.25) is 0 Å². The molecule has 0 aromatic heterocycles. The van der Waals surface area contributed by atoms with E-state index in [1.807, 2.05) is 30.3 Å². The van der Waals surface area contributed by atoms with Gasteiger partial charge in [-0.3, -0.25) is 4.55 Å². The lowest BCUT2D eigenvalue weighted by Crippen LogP contribution is -2.00. The van der Waals surface area contributed by atoms with Gasteiger partial charge in [-0.05, 0) is 12.0 Å². The van der Waals surface area contributed by atoms with Crippen molar-refractivity contribution in [1.82, 2.24) is 0 Å². The third kappa shape index (κ3) is 4.79. The van der Waals surface area contributed by atoms with E-state index < -0.39 is 10.1 Å². The number of benzene rings is 1. The van der Waals surface area contributed by atoms with E-state index in [0.29, 0.717) is 6.42 Å². The van der Waals surface area contributed by atoms with Crippen molar-refractivity contribution >= 4 is 10.1 Å². The first kappa shape index (κ1) is 10.9. The molecule has 0 fully saturated rings. The lowest BCUT2D eigenvalue weighted by molar-refractivity contribution is 0.486. The second-order valence-corrected chi connectivity index (χ2v) is 4.41.